The predicted molar refractivity (Wildman–Crippen MR) is 74.9 cm³/mol. The molecule has 3 nitrogen and oxygen atoms in total. The number of nitrogens with zero attached hydrogens (tertiary/aromatic N) is 1. The molecule has 0 amide bonds. The molecule has 18 heavy (non-hydrogen) atoms. The smallest absolute Gasteiger partial charge is 0.165 e. The third kappa shape index (κ3) is 3.64. The van der Waals surface area contributed by atoms with Gasteiger partial charge in [0.25, 0.3) is 0 Å². The maximum absolute atomic E-state index is 12.1. The van der Waals surface area contributed by atoms with Gasteiger partial charge in [-0.15, -0.1) is 0 Å². The zero-order chi connectivity index (χ0) is 13.0. The van der Waals surface area contributed by atoms with Crippen LogP contribution in [0.4, 0.5) is 0 Å². The Morgan fingerprint density at radius 1 is 1.50 bits per heavy atom. The lowest BCUT2D eigenvalue weighted by atomic mass is 10.1. The van der Waals surface area contributed by atoms with Gasteiger partial charge in [-0.3, -0.25) is 9.69 Å². The van der Waals surface area contributed by atoms with Crippen molar-refractivity contribution in [3.63, 3.8) is 0 Å². The highest BCUT2D eigenvalue weighted by Crippen LogP contribution is 2.18. The van der Waals surface area contributed by atoms with Gasteiger partial charge >= 0.3 is 0 Å². The molecule has 1 heterocycles. The summed E-state index contributed by atoms with van der Waals surface area (Å²) in [4.78, 5) is 14.4. The summed E-state index contributed by atoms with van der Waals surface area (Å²) in [5.74, 6) is 0.196. The van der Waals surface area contributed by atoms with Crippen LogP contribution in [0.1, 0.15) is 23.7 Å². The van der Waals surface area contributed by atoms with Gasteiger partial charge < -0.3 is 4.74 Å². The molecular weight excluding hydrogens is 294 g/mol. The van der Waals surface area contributed by atoms with Gasteiger partial charge in [-0.05, 0) is 13.0 Å². The number of hydrogen-bond donors (Lipinski definition) is 0. The number of rotatable bonds is 4. The minimum atomic E-state index is 0.196. The first-order valence-electron chi connectivity index (χ1n) is 6.28. The normalized spacial score (nSPS) is 20.9. The number of halogens is 1. The summed E-state index contributed by atoms with van der Waals surface area (Å²) in [5.41, 5.74) is 0.777. The van der Waals surface area contributed by atoms with Crippen LogP contribution in [0.5, 0.6) is 0 Å². The van der Waals surface area contributed by atoms with E-state index in [1.54, 1.807) is 0 Å². The van der Waals surface area contributed by atoms with E-state index in [0.29, 0.717) is 6.42 Å². The molecule has 0 bridgehead atoms. The van der Waals surface area contributed by atoms with Gasteiger partial charge in [0, 0.05) is 36.1 Å². The van der Waals surface area contributed by atoms with Crippen molar-refractivity contribution in [1.29, 1.82) is 0 Å². The van der Waals surface area contributed by atoms with Gasteiger partial charge in [0.2, 0.25) is 0 Å². The first kappa shape index (κ1) is 13.7. The lowest BCUT2D eigenvalue weighted by Gasteiger charge is -2.30. The van der Waals surface area contributed by atoms with Crippen LogP contribution in [0.3, 0.4) is 0 Å². The lowest BCUT2D eigenvalue weighted by Crippen LogP contribution is -2.41. The fourth-order valence-electron chi connectivity index (χ4n) is 2.18. The SMILES string of the molecule is CC1CN(CCC(=O)c2ccccc2Br)CCO1. The molecule has 0 radical (unpaired) electrons. The Morgan fingerprint density at radius 3 is 3.00 bits per heavy atom. The van der Waals surface area contributed by atoms with E-state index in [-0.39, 0.29) is 11.9 Å². The quantitative estimate of drug-likeness (QED) is 0.801. The van der Waals surface area contributed by atoms with Crippen LogP contribution < -0.4 is 0 Å². The average molecular weight is 312 g/mol. The number of Topliss-reactive ketones (excluding diaryl/α,β-unsaturated/α-hetero) is 1. The van der Waals surface area contributed by atoms with Crippen molar-refractivity contribution in [2.75, 3.05) is 26.2 Å². The Morgan fingerprint density at radius 2 is 2.28 bits per heavy atom. The highest BCUT2D eigenvalue weighted by molar-refractivity contribution is 9.10. The van der Waals surface area contributed by atoms with Crippen LogP contribution in [0.15, 0.2) is 28.7 Å². The third-order valence-corrected chi connectivity index (χ3v) is 3.85. The summed E-state index contributed by atoms with van der Waals surface area (Å²) in [6, 6.07) is 7.59. The molecule has 0 saturated carbocycles. The Kier molecular flexibility index (Phi) is 4.92. The maximum Gasteiger partial charge on any atom is 0.165 e. The summed E-state index contributed by atoms with van der Waals surface area (Å²) in [7, 11) is 0. The first-order chi connectivity index (χ1) is 8.66. The van der Waals surface area contributed by atoms with Crippen LogP contribution >= 0.6 is 15.9 Å². The zero-order valence-corrected chi connectivity index (χ0v) is 12.1. The first-order valence-corrected chi connectivity index (χ1v) is 7.08. The molecule has 0 aromatic heterocycles. The lowest BCUT2D eigenvalue weighted by molar-refractivity contribution is -0.0180. The number of ether oxygens (including phenoxy) is 1. The molecule has 0 aliphatic carbocycles. The van der Waals surface area contributed by atoms with Crippen molar-refractivity contribution in [2.24, 2.45) is 0 Å². The molecule has 1 atom stereocenters. The molecular formula is C14H18BrNO2. The molecule has 4 heteroatoms. The topological polar surface area (TPSA) is 29.5 Å². The van der Waals surface area contributed by atoms with E-state index in [2.05, 4.69) is 27.8 Å². The van der Waals surface area contributed by atoms with E-state index in [1.165, 1.54) is 0 Å². The second kappa shape index (κ2) is 6.45. The van der Waals surface area contributed by atoms with Crippen LogP contribution in [0, 0.1) is 0 Å². The number of carbonyl (C=O) groups is 1. The van der Waals surface area contributed by atoms with Gasteiger partial charge in [-0.1, -0.05) is 34.1 Å². The van der Waals surface area contributed by atoms with Gasteiger partial charge in [-0.2, -0.15) is 0 Å². The van der Waals surface area contributed by atoms with Crippen molar-refractivity contribution in [1.82, 2.24) is 4.90 Å². The van der Waals surface area contributed by atoms with Crippen LogP contribution in [0.2, 0.25) is 0 Å². The van der Waals surface area contributed by atoms with E-state index in [0.717, 1.165) is 36.3 Å². The molecule has 2 rings (SSSR count). The fraction of sp³-hybridized carbons (Fsp3) is 0.500. The van der Waals surface area contributed by atoms with Crippen LogP contribution in [-0.2, 0) is 4.74 Å². The van der Waals surface area contributed by atoms with E-state index >= 15 is 0 Å². The monoisotopic (exact) mass is 311 g/mol. The molecule has 1 aromatic rings. The number of morpholine rings is 1. The Hall–Kier alpha value is -0.710. The van der Waals surface area contributed by atoms with Crippen molar-refractivity contribution in [3.8, 4) is 0 Å². The van der Waals surface area contributed by atoms with Crippen molar-refractivity contribution in [3.05, 3.63) is 34.3 Å². The number of hydrogen-bond acceptors (Lipinski definition) is 3. The fourth-order valence-corrected chi connectivity index (χ4v) is 2.68. The largest absolute Gasteiger partial charge is 0.376 e. The molecule has 1 aliphatic rings. The molecule has 98 valence electrons. The van der Waals surface area contributed by atoms with E-state index < -0.39 is 0 Å². The summed E-state index contributed by atoms with van der Waals surface area (Å²) in [6.45, 7) is 5.50. The minimum absolute atomic E-state index is 0.196. The third-order valence-electron chi connectivity index (χ3n) is 3.15. The molecule has 1 saturated heterocycles. The predicted octanol–water partition coefficient (Wildman–Crippen LogP) is 2.74. The van der Waals surface area contributed by atoms with E-state index in [1.807, 2.05) is 24.3 Å². The minimum Gasteiger partial charge on any atom is -0.376 e. The number of ketones is 1. The van der Waals surface area contributed by atoms with Crippen molar-refractivity contribution >= 4 is 21.7 Å². The molecule has 1 fully saturated rings. The van der Waals surface area contributed by atoms with Crippen LogP contribution in [-0.4, -0.2) is 43.0 Å². The van der Waals surface area contributed by atoms with Crippen LogP contribution in [0.25, 0.3) is 0 Å². The summed E-state index contributed by atoms with van der Waals surface area (Å²) in [6.07, 6.45) is 0.840. The summed E-state index contributed by atoms with van der Waals surface area (Å²) < 4.78 is 6.36. The second-order valence-corrected chi connectivity index (χ2v) is 5.49. The van der Waals surface area contributed by atoms with Gasteiger partial charge in [-0.25, -0.2) is 0 Å². The average Bonchev–Trinajstić information content (AvgIpc) is 2.37. The van der Waals surface area contributed by atoms with Gasteiger partial charge in [0.05, 0.1) is 12.7 Å². The van der Waals surface area contributed by atoms with Crippen molar-refractivity contribution < 1.29 is 9.53 Å². The van der Waals surface area contributed by atoms with E-state index in [4.69, 9.17) is 4.74 Å². The van der Waals surface area contributed by atoms with Gasteiger partial charge in [0.1, 0.15) is 0 Å². The van der Waals surface area contributed by atoms with E-state index in [9.17, 15) is 4.79 Å². The molecule has 0 N–H and O–H groups in total. The highest BCUT2D eigenvalue weighted by Gasteiger charge is 2.18. The number of carbonyl (C=O) groups excluding carboxylic acids is 1. The number of benzene rings is 1. The molecule has 1 unspecified atom stereocenters. The Bertz CT molecular complexity index is 422. The maximum atomic E-state index is 12.1. The summed E-state index contributed by atoms with van der Waals surface area (Å²) in [5, 5.41) is 0. The van der Waals surface area contributed by atoms with Crippen molar-refractivity contribution in [2.45, 2.75) is 19.4 Å². The standard InChI is InChI=1S/C14H18BrNO2/c1-11-10-16(8-9-18-11)7-6-14(17)12-4-2-3-5-13(12)15/h2-5,11H,6-10H2,1H3. The Balaban J connectivity index is 1.87. The summed E-state index contributed by atoms with van der Waals surface area (Å²) >= 11 is 3.42. The second-order valence-electron chi connectivity index (χ2n) is 4.64. The molecule has 0 spiro atoms. The van der Waals surface area contributed by atoms with Gasteiger partial charge in [0.15, 0.2) is 5.78 Å². The molecule has 1 aliphatic heterocycles. The Labute approximate surface area is 116 Å². The molecule has 1 aromatic carbocycles. The highest BCUT2D eigenvalue weighted by atomic mass is 79.9. The zero-order valence-electron chi connectivity index (χ0n) is 10.6.